The highest BCUT2D eigenvalue weighted by Gasteiger charge is 2.51. The lowest BCUT2D eigenvalue weighted by molar-refractivity contribution is -0.129. The van der Waals surface area contributed by atoms with E-state index in [2.05, 4.69) is 26.5 Å². The van der Waals surface area contributed by atoms with Crippen LogP contribution in [0.3, 0.4) is 0 Å². The fourth-order valence-electron chi connectivity index (χ4n) is 5.69. The number of nitrogens with zero attached hydrogens (tertiary/aromatic N) is 1. The van der Waals surface area contributed by atoms with E-state index < -0.39 is 0 Å². The van der Waals surface area contributed by atoms with Crippen molar-refractivity contribution in [1.82, 2.24) is 5.43 Å². The van der Waals surface area contributed by atoms with Gasteiger partial charge < -0.3 is 5.11 Å². The lowest BCUT2D eigenvalue weighted by Crippen LogP contribution is -2.47. The molecule has 24 heavy (non-hydrogen) atoms. The molecule has 1 aromatic rings. The number of halogens is 1. The van der Waals surface area contributed by atoms with Crippen LogP contribution in [0.15, 0.2) is 27.8 Å². The standard InChI is InChI=1S/C19H23BrN2O2/c20-16-1-2-17(23)15(6-16)11-21-22-18(24)10-19-7-12-3-13(8-19)5-14(4-12)9-19/h1-2,6,11-14,23H,3-5,7-10H2,(H,22,24)/b21-11+. The summed E-state index contributed by atoms with van der Waals surface area (Å²) in [6.07, 6.45) is 9.94. The summed E-state index contributed by atoms with van der Waals surface area (Å²) in [4.78, 5) is 12.4. The summed E-state index contributed by atoms with van der Waals surface area (Å²) in [6, 6.07) is 5.13. The smallest absolute Gasteiger partial charge is 0.240 e. The maximum Gasteiger partial charge on any atom is 0.240 e. The van der Waals surface area contributed by atoms with E-state index >= 15 is 0 Å². The topological polar surface area (TPSA) is 61.7 Å². The molecule has 4 aliphatic carbocycles. The Morgan fingerprint density at radius 3 is 2.50 bits per heavy atom. The molecule has 0 saturated heterocycles. The minimum Gasteiger partial charge on any atom is -0.507 e. The van der Waals surface area contributed by atoms with Gasteiger partial charge in [0.15, 0.2) is 0 Å². The summed E-state index contributed by atoms with van der Waals surface area (Å²) in [5.41, 5.74) is 3.47. The monoisotopic (exact) mass is 390 g/mol. The van der Waals surface area contributed by atoms with Crippen molar-refractivity contribution >= 4 is 28.1 Å². The second-order valence-corrected chi connectivity index (χ2v) is 9.01. The molecule has 128 valence electrons. The van der Waals surface area contributed by atoms with E-state index in [4.69, 9.17) is 0 Å². The lowest BCUT2D eigenvalue weighted by Gasteiger charge is -2.56. The van der Waals surface area contributed by atoms with Crippen molar-refractivity contribution in [3.05, 3.63) is 28.2 Å². The van der Waals surface area contributed by atoms with Gasteiger partial charge in [-0.25, -0.2) is 5.43 Å². The molecule has 4 bridgehead atoms. The molecule has 1 aromatic carbocycles. The van der Waals surface area contributed by atoms with E-state index in [0.717, 1.165) is 22.2 Å². The fourth-order valence-corrected chi connectivity index (χ4v) is 6.07. The molecule has 0 aliphatic heterocycles. The molecule has 0 atom stereocenters. The quantitative estimate of drug-likeness (QED) is 0.597. The molecule has 4 aliphatic rings. The number of rotatable bonds is 4. The predicted octanol–water partition coefficient (Wildman–Crippen LogP) is 4.21. The molecule has 4 fully saturated rings. The highest BCUT2D eigenvalue weighted by atomic mass is 79.9. The average molecular weight is 391 g/mol. The molecule has 0 heterocycles. The van der Waals surface area contributed by atoms with Gasteiger partial charge in [-0.1, -0.05) is 15.9 Å². The molecule has 2 N–H and O–H groups in total. The highest BCUT2D eigenvalue weighted by molar-refractivity contribution is 9.10. The van der Waals surface area contributed by atoms with Gasteiger partial charge in [-0.3, -0.25) is 4.79 Å². The normalized spacial score (nSPS) is 34.0. The van der Waals surface area contributed by atoms with E-state index in [1.807, 2.05) is 0 Å². The SMILES string of the molecule is O=C(CC12CC3CC(CC(C3)C1)C2)N/N=C/c1cc(Br)ccc1O. The van der Waals surface area contributed by atoms with E-state index in [-0.39, 0.29) is 17.1 Å². The molecular weight excluding hydrogens is 368 g/mol. The highest BCUT2D eigenvalue weighted by Crippen LogP contribution is 2.61. The van der Waals surface area contributed by atoms with Crippen molar-refractivity contribution in [2.45, 2.75) is 44.9 Å². The van der Waals surface area contributed by atoms with Gasteiger partial charge >= 0.3 is 0 Å². The molecule has 1 amide bonds. The van der Waals surface area contributed by atoms with Crippen molar-refractivity contribution in [3.63, 3.8) is 0 Å². The molecule has 0 radical (unpaired) electrons. The van der Waals surface area contributed by atoms with E-state index in [1.165, 1.54) is 44.7 Å². The summed E-state index contributed by atoms with van der Waals surface area (Å²) in [6.45, 7) is 0. The third kappa shape index (κ3) is 3.23. The van der Waals surface area contributed by atoms with Crippen LogP contribution in [-0.2, 0) is 4.79 Å². The molecule has 4 nitrogen and oxygen atoms in total. The first kappa shape index (κ1) is 16.1. The molecule has 0 spiro atoms. The van der Waals surface area contributed by atoms with Crippen molar-refractivity contribution in [2.24, 2.45) is 28.3 Å². The first-order chi connectivity index (χ1) is 11.5. The zero-order chi connectivity index (χ0) is 16.7. The van der Waals surface area contributed by atoms with Gasteiger partial charge in [0.2, 0.25) is 5.91 Å². The van der Waals surface area contributed by atoms with Gasteiger partial charge in [-0.05, 0) is 79.9 Å². The number of hydrogen-bond donors (Lipinski definition) is 2. The Balaban J connectivity index is 1.37. The number of hydrogen-bond acceptors (Lipinski definition) is 3. The summed E-state index contributed by atoms with van der Waals surface area (Å²) < 4.78 is 0.863. The zero-order valence-corrected chi connectivity index (χ0v) is 15.3. The second kappa shape index (κ2) is 6.17. The number of amides is 1. The Labute approximate surface area is 150 Å². The number of nitrogens with one attached hydrogen (secondary N) is 1. The number of benzene rings is 1. The van der Waals surface area contributed by atoms with Crippen LogP contribution in [0.1, 0.15) is 50.5 Å². The van der Waals surface area contributed by atoms with Crippen molar-refractivity contribution in [2.75, 3.05) is 0 Å². The lowest BCUT2D eigenvalue weighted by atomic mass is 9.49. The van der Waals surface area contributed by atoms with Crippen LogP contribution in [0.5, 0.6) is 5.75 Å². The number of hydrazone groups is 1. The molecule has 4 saturated carbocycles. The van der Waals surface area contributed by atoms with Crippen LogP contribution in [0.2, 0.25) is 0 Å². The minimum atomic E-state index is 0.00249. The number of phenols is 1. The Morgan fingerprint density at radius 2 is 1.88 bits per heavy atom. The van der Waals surface area contributed by atoms with Crippen LogP contribution in [-0.4, -0.2) is 17.2 Å². The van der Waals surface area contributed by atoms with Crippen LogP contribution in [0, 0.1) is 23.2 Å². The zero-order valence-electron chi connectivity index (χ0n) is 13.7. The fraction of sp³-hybridized carbons (Fsp3) is 0.579. The number of carbonyl (C=O) groups excluding carboxylic acids is 1. The molecule has 0 unspecified atom stereocenters. The molecule has 0 aromatic heterocycles. The van der Waals surface area contributed by atoms with Crippen LogP contribution in [0.4, 0.5) is 0 Å². The van der Waals surface area contributed by atoms with Gasteiger partial charge in [0.1, 0.15) is 5.75 Å². The van der Waals surface area contributed by atoms with E-state index in [0.29, 0.717) is 12.0 Å². The molecular formula is C19H23BrN2O2. The average Bonchev–Trinajstić information content (AvgIpc) is 2.48. The Morgan fingerprint density at radius 1 is 1.25 bits per heavy atom. The molecule has 5 heteroatoms. The number of phenolic OH excluding ortho intramolecular Hbond substituents is 1. The first-order valence-corrected chi connectivity index (χ1v) is 9.61. The molecule has 5 rings (SSSR count). The summed E-state index contributed by atoms with van der Waals surface area (Å²) in [5, 5.41) is 13.8. The van der Waals surface area contributed by atoms with Gasteiger partial charge in [0.25, 0.3) is 0 Å². The number of aromatic hydroxyl groups is 1. The van der Waals surface area contributed by atoms with E-state index in [1.54, 1.807) is 18.2 Å². The van der Waals surface area contributed by atoms with Gasteiger partial charge in [-0.15, -0.1) is 0 Å². The van der Waals surface area contributed by atoms with Gasteiger partial charge in [-0.2, -0.15) is 5.10 Å². The second-order valence-electron chi connectivity index (χ2n) is 8.09. The number of carbonyl (C=O) groups is 1. The van der Waals surface area contributed by atoms with Crippen LogP contribution in [0.25, 0.3) is 0 Å². The largest absolute Gasteiger partial charge is 0.507 e. The maximum absolute atomic E-state index is 12.4. The van der Waals surface area contributed by atoms with Gasteiger partial charge in [0.05, 0.1) is 6.21 Å². The summed E-state index contributed by atoms with van der Waals surface area (Å²) in [5.74, 6) is 2.71. The maximum atomic E-state index is 12.4. The third-order valence-corrected chi connectivity index (χ3v) is 6.58. The van der Waals surface area contributed by atoms with Crippen LogP contribution >= 0.6 is 15.9 Å². The Hall–Kier alpha value is -1.36. The van der Waals surface area contributed by atoms with Gasteiger partial charge in [0, 0.05) is 16.5 Å². The first-order valence-electron chi connectivity index (χ1n) is 8.82. The third-order valence-electron chi connectivity index (χ3n) is 6.08. The Bertz CT molecular complexity index is 651. The van der Waals surface area contributed by atoms with Crippen molar-refractivity contribution < 1.29 is 9.90 Å². The van der Waals surface area contributed by atoms with E-state index in [9.17, 15) is 9.90 Å². The predicted molar refractivity (Wildman–Crippen MR) is 96.8 cm³/mol. The van der Waals surface area contributed by atoms with Crippen molar-refractivity contribution in [1.29, 1.82) is 0 Å². The van der Waals surface area contributed by atoms with Crippen molar-refractivity contribution in [3.8, 4) is 5.75 Å². The Kier molecular flexibility index (Phi) is 4.15. The minimum absolute atomic E-state index is 0.00249. The summed E-state index contributed by atoms with van der Waals surface area (Å²) in [7, 11) is 0. The summed E-state index contributed by atoms with van der Waals surface area (Å²) >= 11 is 3.36. The van der Waals surface area contributed by atoms with Crippen LogP contribution < -0.4 is 5.43 Å².